The molecule has 4 radical (unpaired) electrons. The Bertz CT molecular complexity index is 592. The van der Waals surface area contributed by atoms with Gasteiger partial charge < -0.3 is 29.0 Å². The van der Waals surface area contributed by atoms with Crippen LogP contribution in [0.4, 0.5) is 0 Å². The molecule has 0 aromatic heterocycles. The average Bonchev–Trinajstić information content (AvgIpc) is 3.16. The lowest BCUT2D eigenvalue weighted by molar-refractivity contribution is -0.161. The maximum absolute atomic E-state index is 12.0. The van der Waals surface area contributed by atoms with Crippen molar-refractivity contribution in [1.29, 1.82) is 0 Å². The molecule has 29 heavy (non-hydrogen) atoms. The van der Waals surface area contributed by atoms with Crippen molar-refractivity contribution in [2.75, 3.05) is 13.7 Å². The molecule has 158 valence electrons. The monoisotopic (exact) mass is 407 g/mol. The van der Waals surface area contributed by atoms with E-state index >= 15 is 0 Å². The van der Waals surface area contributed by atoms with Crippen molar-refractivity contribution >= 4 is 33.5 Å². The lowest BCUT2D eigenvalue weighted by atomic mass is 9.92. The summed E-state index contributed by atoms with van der Waals surface area (Å²) in [5.41, 5.74) is 0. The predicted molar refractivity (Wildman–Crippen MR) is 102 cm³/mol. The van der Waals surface area contributed by atoms with E-state index < -0.39 is 48.4 Å². The van der Waals surface area contributed by atoms with Gasteiger partial charge in [-0.15, -0.1) is 0 Å². The van der Waals surface area contributed by atoms with Crippen molar-refractivity contribution in [1.82, 2.24) is 5.32 Å². The molecule has 0 aromatic rings. The zero-order valence-electron chi connectivity index (χ0n) is 17.0. The molecule has 0 spiro atoms. The smallest absolute Gasteiger partial charge is 0.306 e. The first-order valence-corrected chi connectivity index (χ1v) is 9.76. The van der Waals surface area contributed by atoms with E-state index in [1.807, 2.05) is 6.92 Å². The summed E-state index contributed by atoms with van der Waals surface area (Å²) in [6.07, 6.45) is -2.04. The van der Waals surface area contributed by atoms with Gasteiger partial charge in [-0.05, 0) is 6.42 Å². The van der Waals surface area contributed by atoms with Gasteiger partial charge >= 0.3 is 11.9 Å². The van der Waals surface area contributed by atoms with E-state index in [0.717, 1.165) is 0 Å². The first-order valence-electron chi connectivity index (χ1n) is 9.76. The highest BCUT2D eigenvalue weighted by atomic mass is 16.6. The molecular formula is C18H27B2NO8. The molecule has 1 amide bonds. The fraction of sp³-hybridized carbons (Fsp3) is 0.833. The molecule has 0 saturated carbocycles. The number of amides is 1. The normalized spacial score (nSPS) is 34.0. The number of hydrogen-bond acceptors (Lipinski definition) is 8. The largest absolute Gasteiger partial charge is 0.459 e. The number of rotatable bonds is 9. The Kier molecular flexibility index (Phi) is 8.98. The minimum atomic E-state index is -0.770. The van der Waals surface area contributed by atoms with Crippen LogP contribution in [0.25, 0.3) is 0 Å². The van der Waals surface area contributed by atoms with Crippen molar-refractivity contribution in [2.45, 2.75) is 82.1 Å². The SMILES string of the molecule is [B][C@@H]1O[C@H](CC)C(OC(C)=O)[C@@H]1OC[C@H]1O[C@@H]([B])CC1OC(=O)CCC(=O)NC. The molecule has 2 unspecified atom stereocenters. The number of ether oxygens (including phenoxy) is 5. The molecule has 2 saturated heterocycles. The maximum atomic E-state index is 12.0. The molecule has 1 N–H and O–H groups in total. The number of carbonyl (C=O) groups is 3. The van der Waals surface area contributed by atoms with Gasteiger partial charge in [-0.2, -0.15) is 0 Å². The van der Waals surface area contributed by atoms with Crippen LogP contribution in [-0.4, -0.2) is 89.7 Å². The molecule has 0 bridgehead atoms. The number of nitrogens with one attached hydrogen (secondary N) is 1. The van der Waals surface area contributed by atoms with Gasteiger partial charge in [-0.1, -0.05) is 6.92 Å². The second-order valence-corrected chi connectivity index (χ2v) is 7.07. The fourth-order valence-electron chi connectivity index (χ4n) is 3.40. The third-order valence-electron chi connectivity index (χ3n) is 4.85. The summed E-state index contributed by atoms with van der Waals surface area (Å²) in [5, 5.41) is 2.44. The highest BCUT2D eigenvalue weighted by molar-refractivity contribution is 6.11. The Balaban J connectivity index is 1.91. The lowest BCUT2D eigenvalue weighted by Gasteiger charge is -2.26. The summed E-state index contributed by atoms with van der Waals surface area (Å²) in [5.74, 6) is -1.23. The van der Waals surface area contributed by atoms with Crippen molar-refractivity contribution < 1.29 is 38.1 Å². The van der Waals surface area contributed by atoms with E-state index in [2.05, 4.69) is 5.32 Å². The van der Waals surface area contributed by atoms with Crippen molar-refractivity contribution in [3.8, 4) is 0 Å². The quantitative estimate of drug-likeness (QED) is 0.396. The van der Waals surface area contributed by atoms with Crippen LogP contribution >= 0.6 is 0 Å². The molecule has 2 aliphatic heterocycles. The van der Waals surface area contributed by atoms with Gasteiger partial charge in [0.15, 0.2) is 6.10 Å². The Morgan fingerprint density at radius 3 is 2.41 bits per heavy atom. The Morgan fingerprint density at radius 2 is 1.79 bits per heavy atom. The lowest BCUT2D eigenvalue weighted by Crippen LogP contribution is -2.41. The maximum Gasteiger partial charge on any atom is 0.306 e. The molecule has 7 atom stereocenters. The van der Waals surface area contributed by atoms with Crippen LogP contribution in [0.2, 0.25) is 0 Å². The molecule has 0 aliphatic carbocycles. The van der Waals surface area contributed by atoms with Gasteiger partial charge in [0, 0.05) is 38.8 Å². The van der Waals surface area contributed by atoms with Crippen molar-refractivity contribution in [3.05, 3.63) is 0 Å². The van der Waals surface area contributed by atoms with Gasteiger partial charge in [0.1, 0.15) is 34.0 Å². The van der Waals surface area contributed by atoms with Crippen LogP contribution in [0.15, 0.2) is 0 Å². The zero-order valence-corrected chi connectivity index (χ0v) is 17.0. The third kappa shape index (κ3) is 6.72. The standard InChI is InChI=1S/C18H27B2NO8/c1-4-10-16(26-9(2)22)17(18(20)29-10)25-8-12-11(7-13(19)27-12)28-15(24)6-5-14(23)21-3/h10-13,16-18H,4-8H2,1-3H3,(H,21,23)/t10-,11?,12-,13-,16?,17+,18-/m1/s1. The van der Waals surface area contributed by atoms with E-state index in [-0.39, 0.29) is 31.5 Å². The third-order valence-corrected chi connectivity index (χ3v) is 4.85. The summed E-state index contributed by atoms with van der Waals surface area (Å²) >= 11 is 0. The van der Waals surface area contributed by atoms with Crippen molar-refractivity contribution in [3.63, 3.8) is 0 Å². The molecule has 2 aliphatic rings. The molecule has 2 heterocycles. The second kappa shape index (κ2) is 11.0. The summed E-state index contributed by atoms with van der Waals surface area (Å²) in [6, 6.07) is -1.38. The average molecular weight is 407 g/mol. The van der Waals surface area contributed by atoms with E-state index in [4.69, 9.17) is 39.4 Å². The minimum absolute atomic E-state index is 0.0248. The second-order valence-electron chi connectivity index (χ2n) is 7.07. The number of esters is 2. The van der Waals surface area contributed by atoms with Crippen LogP contribution in [0, 0.1) is 0 Å². The van der Waals surface area contributed by atoms with E-state index in [9.17, 15) is 14.4 Å². The van der Waals surface area contributed by atoms with Crippen LogP contribution in [-0.2, 0) is 38.1 Å². The molecule has 2 rings (SSSR count). The van der Waals surface area contributed by atoms with Gasteiger partial charge in [-0.25, -0.2) is 0 Å². The van der Waals surface area contributed by atoms with E-state index in [1.54, 1.807) is 0 Å². The first-order chi connectivity index (χ1) is 13.7. The molecule has 11 heteroatoms. The molecule has 2 fully saturated rings. The minimum Gasteiger partial charge on any atom is -0.459 e. The van der Waals surface area contributed by atoms with E-state index in [0.29, 0.717) is 12.8 Å². The summed E-state index contributed by atoms with van der Waals surface area (Å²) in [4.78, 5) is 34.7. The van der Waals surface area contributed by atoms with Gasteiger partial charge in [0.2, 0.25) is 5.91 Å². The van der Waals surface area contributed by atoms with Crippen LogP contribution in [0.5, 0.6) is 0 Å². The summed E-state index contributed by atoms with van der Waals surface area (Å²) in [7, 11) is 13.3. The number of hydrogen-bond donors (Lipinski definition) is 1. The molecule has 9 nitrogen and oxygen atoms in total. The Morgan fingerprint density at radius 1 is 1.07 bits per heavy atom. The van der Waals surface area contributed by atoms with Crippen molar-refractivity contribution in [2.24, 2.45) is 0 Å². The van der Waals surface area contributed by atoms with E-state index in [1.165, 1.54) is 14.0 Å². The summed E-state index contributed by atoms with van der Waals surface area (Å²) in [6.45, 7) is 3.22. The summed E-state index contributed by atoms with van der Waals surface area (Å²) < 4.78 is 27.8. The predicted octanol–water partition coefficient (Wildman–Crippen LogP) is -0.672. The Labute approximate surface area is 173 Å². The zero-order chi connectivity index (χ0) is 21.6. The van der Waals surface area contributed by atoms with Crippen LogP contribution < -0.4 is 5.32 Å². The molecule has 0 aromatic carbocycles. The highest BCUT2D eigenvalue weighted by Crippen LogP contribution is 2.29. The van der Waals surface area contributed by atoms with Gasteiger partial charge in [0.05, 0.1) is 19.1 Å². The van der Waals surface area contributed by atoms with Crippen LogP contribution in [0.3, 0.4) is 0 Å². The Hall–Kier alpha value is -1.58. The molecular weight excluding hydrogens is 380 g/mol. The first kappa shape index (κ1) is 23.7. The van der Waals surface area contributed by atoms with Gasteiger partial charge in [0.25, 0.3) is 0 Å². The highest BCUT2D eigenvalue weighted by Gasteiger charge is 2.45. The van der Waals surface area contributed by atoms with Crippen LogP contribution in [0.1, 0.15) is 39.5 Å². The fourth-order valence-corrected chi connectivity index (χ4v) is 3.40. The topological polar surface area (TPSA) is 109 Å². The van der Waals surface area contributed by atoms with Gasteiger partial charge in [-0.3, -0.25) is 14.4 Å². The number of carbonyl (C=O) groups excluding carboxylic acids is 3.